The summed E-state index contributed by atoms with van der Waals surface area (Å²) in [5, 5.41) is 7.56. The first-order valence-electron chi connectivity index (χ1n) is 10.0. The number of hydrogen-bond acceptors (Lipinski definition) is 8. The van der Waals surface area contributed by atoms with Crippen LogP contribution in [0.2, 0.25) is 0 Å². The summed E-state index contributed by atoms with van der Waals surface area (Å²) >= 11 is 0. The molecule has 1 fully saturated rings. The van der Waals surface area contributed by atoms with Gasteiger partial charge in [0.2, 0.25) is 18.7 Å². The molecule has 10 heteroatoms. The van der Waals surface area contributed by atoms with Gasteiger partial charge in [-0.1, -0.05) is 0 Å². The van der Waals surface area contributed by atoms with Crippen molar-refractivity contribution >= 4 is 23.5 Å². The first-order valence-corrected chi connectivity index (χ1v) is 10.0. The van der Waals surface area contributed by atoms with E-state index < -0.39 is 0 Å². The highest BCUT2D eigenvalue weighted by Gasteiger charge is 2.20. The topological polar surface area (TPSA) is 111 Å². The molecule has 10 nitrogen and oxygen atoms in total. The molecule has 2 aromatic carbocycles. The minimum absolute atomic E-state index is 0.0383. The molecule has 3 N–H and O–H groups in total. The highest BCUT2D eigenvalue weighted by molar-refractivity contribution is 5.94. The molecule has 2 aliphatic heterocycles. The third-order valence-electron chi connectivity index (χ3n) is 5.41. The minimum atomic E-state index is 0.0383. The number of piperazine rings is 1. The second-order valence-electron chi connectivity index (χ2n) is 7.54. The monoisotopic (exact) mass is 421 g/mol. The van der Waals surface area contributed by atoms with E-state index in [9.17, 15) is 4.79 Å². The Morgan fingerprint density at radius 3 is 2.55 bits per heavy atom. The number of ether oxygens (including phenoxy) is 2. The predicted molar refractivity (Wildman–Crippen MR) is 115 cm³/mol. The van der Waals surface area contributed by atoms with E-state index in [1.165, 1.54) is 4.68 Å². The van der Waals surface area contributed by atoms with Crippen molar-refractivity contribution < 1.29 is 14.3 Å². The van der Waals surface area contributed by atoms with E-state index in [2.05, 4.69) is 27.3 Å². The van der Waals surface area contributed by atoms with Crippen molar-refractivity contribution in [2.24, 2.45) is 0 Å². The zero-order chi connectivity index (χ0) is 21.4. The Balaban J connectivity index is 1.30. The molecule has 2 aliphatic rings. The fraction of sp³-hybridized carbons (Fsp3) is 0.286. The summed E-state index contributed by atoms with van der Waals surface area (Å²) in [4.78, 5) is 21.1. The van der Waals surface area contributed by atoms with Crippen molar-refractivity contribution in [3.63, 3.8) is 0 Å². The first-order chi connectivity index (χ1) is 15.1. The third kappa shape index (κ3) is 3.84. The van der Waals surface area contributed by atoms with Crippen molar-refractivity contribution in [1.82, 2.24) is 24.6 Å². The number of carbonyl (C=O) groups is 1. The number of nitrogens with zero attached hydrogens (tertiary/aromatic N) is 5. The van der Waals surface area contributed by atoms with Crippen LogP contribution in [0.3, 0.4) is 0 Å². The summed E-state index contributed by atoms with van der Waals surface area (Å²) in [6, 6.07) is 12.7. The summed E-state index contributed by atoms with van der Waals surface area (Å²) in [7, 11) is 2.06. The summed E-state index contributed by atoms with van der Waals surface area (Å²) in [5.74, 6) is 2.00. The number of likely N-dealkylation sites (N-methyl/N-ethyl adjacent to an activating group) is 1. The van der Waals surface area contributed by atoms with Gasteiger partial charge in [-0.25, -0.2) is 0 Å². The van der Waals surface area contributed by atoms with Crippen LogP contribution >= 0.6 is 0 Å². The van der Waals surface area contributed by atoms with E-state index in [1.54, 1.807) is 12.1 Å². The highest BCUT2D eigenvalue weighted by Crippen LogP contribution is 2.34. The molecular weight excluding hydrogens is 398 g/mol. The van der Waals surface area contributed by atoms with Crippen LogP contribution in [0.1, 0.15) is 10.4 Å². The average molecular weight is 421 g/mol. The van der Waals surface area contributed by atoms with Crippen LogP contribution in [0.5, 0.6) is 11.5 Å². The van der Waals surface area contributed by atoms with Gasteiger partial charge in [-0.15, -0.1) is 5.10 Å². The Bertz CT molecular complexity index is 1100. The molecule has 5 rings (SSSR count). The van der Waals surface area contributed by atoms with Crippen LogP contribution in [0, 0.1) is 0 Å². The lowest BCUT2D eigenvalue weighted by molar-refractivity contribution is 0.0664. The Morgan fingerprint density at radius 2 is 1.77 bits per heavy atom. The molecule has 3 heterocycles. The second kappa shape index (κ2) is 7.80. The molecule has 1 aromatic heterocycles. The lowest BCUT2D eigenvalue weighted by Crippen LogP contribution is -2.47. The number of hydrogen-bond donors (Lipinski definition) is 2. The molecule has 3 aromatic rings. The largest absolute Gasteiger partial charge is 0.454 e. The van der Waals surface area contributed by atoms with Crippen molar-refractivity contribution in [3.05, 3.63) is 48.0 Å². The summed E-state index contributed by atoms with van der Waals surface area (Å²) in [5.41, 5.74) is 8.19. The van der Waals surface area contributed by atoms with E-state index >= 15 is 0 Å². The van der Waals surface area contributed by atoms with E-state index in [4.69, 9.17) is 15.2 Å². The van der Waals surface area contributed by atoms with Gasteiger partial charge >= 0.3 is 0 Å². The third-order valence-corrected chi connectivity index (χ3v) is 5.41. The van der Waals surface area contributed by atoms with Crippen LogP contribution in [0.15, 0.2) is 42.5 Å². The van der Waals surface area contributed by atoms with Crippen LogP contribution < -0.4 is 20.5 Å². The number of rotatable bonds is 4. The number of fused-ring (bicyclic) bond motifs is 1. The zero-order valence-corrected chi connectivity index (χ0v) is 17.1. The molecule has 1 amide bonds. The number of amides is 1. The second-order valence-corrected chi connectivity index (χ2v) is 7.54. The van der Waals surface area contributed by atoms with Crippen molar-refractivity contribution in [2.75, 3.05) is 51.1 Å². The lowest BCUT2D eigenvalue weighted by Gasteiger charge is -2.32. The van der Waals surface area contributed by atoms with E-state index in [0.717, 1.165) is 37.6 Å². The van der Waals surface area contributed by atoms with Gasteiger partial charge in [0.25, 0.3) is 5.91 Å². The van der Waals surface area contributed by atoms with Gasteiger partial charge < -0.3 is 30.3 Å². The number of nitrogens with one attached hydrogen (secondary N) is 1. The van der Waals surface area contributed by atoms with E-state index in [1.807, 2.05) is 35.2 Å². The quantitative estimate of drug-likeness (QED) is 0.655. The van der Waals surface area contributed by atoms with Crippen molar-refractivity contribution in [2.45, 2.75) is 0 Å². The van der Waals surface area contributed by atoms with E-state index in [-0.39, 0.29) is 18.6 Å². The van der Waals surface area contributed by atoms with Crippen molar-refractivity contribution in [1.29, 1.82) is 0 Å². The molecule has 0 atom stereocenters. The SMILES string of the molecule is CN1CCN(C(=O)c2ccc(-n3nc(Nc4ccc5c(c4)OCO5)nc3N)cc2)CC1. The summed E-state index contributed by atoms with van der Waals surface area (Å²) in [6.45, 7) is 3.47. The normalized spacial score (nSPS) is 15.8. The van der Waals surface area contributed by atoms with Gasteiger partial charge in [-0.05, 0) is 43.4 Å². The predicted octanol–water partition coefficient (Wildman–Crippen LogP) is 1.71. The van der Waals surface area contributed by atoms with Gasteiger partial charge in [0.05, 0.1) is 5.69 Å². The molecule has 0 aliphatic carbocycles. The standard InChI is InChI=1S/C21H23N7O3/c1-26-8-10-27(11-9-26)19(29)14-2-5-16(6-3-14)28-20(22)24-21(25-28)23-15-4-7-17-18(12-15)31-13-30-17/h2-7,12H,8-11,13H2,1H3,(H3,22,23,24,25). The molecule has 160 valence electrons. The highest BCUT2D eigenvalue weighted by atomic mass is 16.7. The van der Waals surface area contributed by atoms with Crippen molar-refractivity contribution in [3.8, 4) is 17.2 Å². The minimum Gasteiger partial charge on any atom is -0.454 e. The van der Waals surface area contributed by atoms with Crippen LogP contribution in [-0.2, 0) is 0 Å². The molecule has 0 spiro atoms. The fourth-order valence-electron chi connectivity index (χ4n) is 3.61. The maximum Gasteiger partial charge on any atom is 0.253 e. The molecule has 31 heavy (non-hydrogen) atoms. The van der Waals surface area contributed by atoms with Crippen LogP contribution in [0.4, 0.5) is 17.6 Å². The zero-order valence-electron chi connectivity index (χ0n) is 17.1. The Labute approximate surface area is 179 Å². The fourth-order valence-corrected chi connectivity index (χ4v) is 3.61. The number of carbonyl (C=O) groups excluding carboxylic acids is 1. The average Bonchev–Trinajstić information content (AvgIpc) is 3.40. The first kappa shape index (κ1) is 19.2. The van der Waals surface area contributed by atoms with Gasteiger partial charge in [0.1, 0.15) is 0 Å². The summed E-state index contributed by atoms with van der Waals surface area (Å²) < 4.78 is 12.2. The van der Waals surface area contributed by atoms with Gasteiger partial charge in [0.15, 0.2) is 11.5 Å². The molecule has 0 saturated carbocycles. The Morgan fingerprint density at radius 1 is 1.03 bits per heavy atom. The molecule has 1 saturated heterocycles. The lowest BCUT2D eigenvalue weighted by atomic mass is 10.1. The number of anilines is 3. The maximum absolute atomic E-state index is 12.7. The number of nitrogen functional groups attached to an aromatic ring is 1. The number of benzene rings is 2. The van der Waals surface area contributed by atoms with Crippen LogP contribution in [-0.4, -0.2) is 70.5 Å². The molecule has 0 unspecified atom stereocenters. The Kier molecular flexibility index (Phi) is 4.83. The van der Waals surface area contributed by atoms with Gasteiger partial charge in [0, 0.05) is 43.5 Å². The number of aromatic nitrogens is 3. The summed E-state index contributed by atoms with van der Waals surface area (Å²) in [6.07, 6.45) is 0. The van der Waals surface area contributed by atoms with Crippen LogP contribution in [0.25, 0.3) is 5.69 Å². The smallest absolute Gasteiger partial charge is 0.253 e. The number of nitrogens with two attached hydrogens (primary N) is 1. The molecule has 0 radical (unpaired) electrons. The maximum atomic E-state index is 12.7. The van der Waals surface area contributed by atoms with Gasteiger partial charge in [-0.2, -0.15) is 9.67 Å². The van der Waals surface area contributed by atoms with Gasteiger partial charge in [-0.3, -0.25) is 4.79 Å². The Hall–Kier alpha value is -3.79. The molecule has 0 bridgehead atoms. The molecular formula is C21H23N7O3. The van der Waals surface area contributed by atoms with E-state index in [0.29, 0.717) is 23.0 Å².